The Morgan fingerprint density at radius 3 is 1.43 bits per heavy atom. The highest BCUT2D eigenvalue weighted by Crippen LogP contribution is 2.28. The summed E-state index contributed by atoms with van der Waals surface area (Å²) in [4.78, 5) is 9.07. The van der Waals surface area contributed by atoms with Crippen molar-refractivity contribution < 1.29 is 4.74 Å². The van der Waals surface area contributed by atoms with Crippen molar-refractivity contribution in [3.05, 3.63) is 153 Å². The third-order valence-corrected chi connectivity index (χ3v) is 10.3. The van der Waals surface area contributed by atoms with Gasteiger partial charge in [-0.2, -0.15) is 10.5 Å². The molecular formula is C45H46Cl4N6O. The van der Waals surface area contributed by atoms with E-state index in [2.05, 4.69) is 93.6 Å². The number of halogens is 4. The highest BCUT2D eigenvalue weighted by atomic mass is 35.5. The maximum Gasteiger partial charge on any atom is 0.153 e. The maximum atomic E-state index is 9.33. The molecule has 6 rings (SSSR count). The van der Waals surface area contributed by atoms with Crippen molar-refractivity contribution in [2.24, 2.45) is 0 Å². The Morgan fingerprint density at radius 2 is 1.04 bits per heavy atom. The van der Waals surface area contributed by atoms with E-state index < -0.39 is 0 Å². The second-order valence-corrected chi connectivity index (χ2v) is 14.2. The zero-order chi connectivity index (χ0) is 39.2. The van der Waals surface area contributed by atoms with Crippen molar-refractivity contribution in [2.45, 2.75) is 77.9 Å². The van der Waals surface area contributed by atoms with Crippen LogP contribution in [0.15, 0.2) is 97.1 Å². The van der Waals surface area contributed by atoms with E-state index in [1.807, 2.05) is 48.5 Å². The largest absolute Gasteiger partial charge is 0.378 e. The van der Waals surface area contributed by atoms with Crippen molar-refractivity contribution >= 4 is 47.2 Å². The smallest absolute Gasteiger partial charge is 0.153 e. The number of imidazole rings is 2. The fourth-order valence-corrected chi connectivity index (χ4v) is 7.31. The molecule has 0 bridgehead atoms. The summed E-state index contributed by atoms with van der Waals surface area (Å²) in [5.41, 5.74) is 9.40. The number of alkyl halides is 1. The summed E-state index contributed by atoms with van der Waals surface area (Å²) < 4.78 is 9.63. The Hall–Kier alpha value is -4.60. The zero-order valence-corrected chi connectivity index (χ0v) is 35.0. The number of nitrogens with zero attached hydrogens (tertiary/aromatic N) is 6. The summed E-state index contributed by atoms with van der Waals surface area (Å²) in [6.45, 7) is 6.14. The summed E-state index contributed by atoms with van der Waals surface area (Å²) >= 11 is 18.8. The van der Waals surface area contributed by atoms with E-state index in [4.69, 9.17) is 39.5 Å². The Kier molecular flexibility index (Phi) is 17.5. The monoisotopic (exact) mass is 826 g/mol. The Balaban J connectivity index is 0.000000244. The molecule has 7 nitrogen and oxygen atoms in total. The van der Waals surface area contributed by atoms with E-state index in [1.165, 1.54) is 0 Å². The molecule has 4 aromatic carbocycles. The number of hydrogen-bond donors (Lipinski definition) is 0. The Labute approximate surface area is 351 Å². The van der Waals surface area contributed by atoms with Gasteiger partial charge in [0.25, 0.3) is 0 Å². The summed E-state index contributed by atoms with van der Waals surface area (Å²) in [5.74, 6) is 2.32. The highest BCUT2D eigenvalue weighted by molar-refractivity contribution is 6.31. The summed E-state index contributed by atoms with van der Waals surface area (Å²) in [6.07, 6.45) is 6.14. The lowest BCUT2D eigenvalue weighted by Crippen LogP contribution is -2.10. The minimum Gasteiger partial charge on any atom is -0.378 e. The lowest BCUT2D eigenvalue weighted by Gasteiger charge is -2.13. The van der Waals surface area contributed by atoms with Crippen LogP contribution < -0.4 is 0 Å². The molecule has 0 radical (unpaired) electrons. The van der Waals surface area contributed by atoms with Crippen molar-refractivity contribution in [1.82, 2.24) is 19.1 Å². The van der Waals surface area contributed by atoms with Gasteiger partial charge in [0.2, 0.25) is 0 Å². The van der Waals surface area contributed by atoms with Gasteiger partial charge in [0.15, 0.2) is 10.3 Å². The van der Waals surface area contributed by atoms with Gasteiger partial charge >= 0.3 is 0 Å². The molecule has 0 saturated heterocycles. The standard InChI is InChI=1S/C23H24ClN3O.C22H21Cl2N3.ClH/c1-3-4-9-22-26-23(24)21(16-28-2)27(22)15-17-10-12-18(13-11-17)20-8-6-5-7-19(20)14-25;1-2-3-8-21-26-22(24)20(13-23)27(21)15-16-9-11-17(12-10-16)19-7-5-4-6-18(19)14-25;/h5-8,10-13H,3-4,9,15-16H2,1-2H3;4-7,9-12H,2-3,8,13,15H2,1H3;1H. The molecule has 11 heteroatoms. The molecule has 0 atom stereocenters. The molecule has 0 unspecified atom stereocenters. The third kappa shape index (κ3) is 11.0. The van der Waals surface area contributed by atoms with Crippen molar-refractivity contribution in [3.63, 3.8) is 0 Å². The first-order valence-corrected chi connectivity index (χ1v) is 19.8. The molecule has 0 N–H and O–H groups in total. The van der Waals surface area contributed by atoms with Crippen LogP contribution in [0.5, 0.6) is 0 Å². The van der Waals surface area contributed by atoms with E-state index in [0.717, 1.165) is 94.9 Å². The average Bonchev–Trinajstić information content (AvgIpc) is 3.69. The number of benzene rings is 4. The summed E-state index contributed by atoms with van der Waals surface area (Å²) in [7, 11) is 1.67. The van der Waals surface area contributed by atoms with Gasteiger partial charge in [0.1, 0.15) is 11.6 Å². The molecule has 0 aliphatic rings. The summed E-state index contributed by atoms with van der Waals surface area (Å²) in [5, 5.41) is 19.7. The first-order valence-electron chi connectivity index (χ1n) is 18.5. The van der Waals surface area contributed by atoms with E-state index in [-0.39, 0.29) is 12.4 Å². The van der Waals surface area contributed by atoms with Crippen LogP contribution in [0.1, 0.15) is 84.8 Å². The normalized spacial score (nSPS) is 10.6. The van der Waals surface area contributed by atoms with Gasteiger partial charge in [-0.25, -0.2) is 9.97 Å². The molecule has 0 fully saturated rings. The van der Waals surface area contributed by atoms with Crippen molar-refractivity contribution in [3.8, 4) is 34.4 Å². The highest BCUT2D eigenvalue weighted by Gasteiger charge is 2.17. The van der Waals surface area contributed by atoms with Crippen LogP contribution in [-0.4, -0.2) is 26.2 Å². The molecule has 2 heterocycles. The fraction of sp³-hybridized carbons (Fsp3) is 0.289. The molecule has 0 aliphatic heterocycles. The van der Waals surface area contributed by atoms with Gasteiger partial charge in [-0.05, 0) is 58.4 Å². The quantitative estimate of drug-likeness (QED) is 0.0961. The predicted molar refractivity (Wildman–Crippen MR) is 231 cm³/mol. The molecule has 0 aliphatic carbocycles. The van der Waals surface area contributed by atoms with Crippen LogP contribution in [0.4, 0.5) is 0 Å². The first kappa shape index (κ1) is 44.1. The van der Waals surface area contributed by atoms with Crippen LogP contribution in [0.2, 0.25) is 10.3 Å². The number of aryl methyl sites for hydroxylation is 2. The predicted octanol–water partition coefficient (Wildman–Crippen LogP) is 12.2. The van der Waals surface area contributed by atoms with Gasteiger partial charge in [-0.1, -0.05) is 135 Å². The first-order chi connectivity index (χ1) is 26.8. The maximum absolute atomic E-state index is 9.33. The molecule has 0 spiro atoms. The number of nitriles is 2. The molecule has 0 saturated carbocycles. The molecule has 6 aromatic rings. The number of aromatic nitrogens is 4. The Morgan fingerprint density at radius 1 is 0.625 bits per heavy atom. The molecule has 2 aromatic heterocycles. The van der Waals surface area contributed by atoms with Gasteiger partial charge < -0.3 is 13.9 Å². The molecule has 290 valence electrons. The van der Waals surface area contributed by atoms with Gasteiger partial charge in [-0.3, -0.25) is 0 Å². The second kappa shape index (κ2) is 22.2. The second-order valence-electron chi connectivity index (χ2n) is 13.2. The molecule has 56 heavy (non-hydrogen) atoms. The number of hydrogen-bond acceptors (Lipinski definition) is 5. The van der Waals surface area contributed by atoms with E-state index in [1.54, 1.807) is 7.11 Å². The van der Waals surface area contributed by atoms with Crippen LogP contribution in [0, 0.1) is 22.7 Å². The lowest BCUT2D eigenvalue weighted by atomic mass is 9.99. The van der Waals surface area contributed by atoms with Crippen molar-refractivity contribution in [1.29, 1.82) is 10.5 Å². The topological polar surface area (TPSA) is 92.4 Å². The van der Waals surface area contributed by atoms with Gasteiger partial charge in [-0.15, -0.1) is 24.0 Å². The SMILES string of the molecule is CCCCc1nc(Cl)c(CCl)n1Cc1ccc(-c2ccccc2C#N)cc1.CCCCc1nc(Cl)c(COC)n1Cc1ccc(-c2ccccc2C#N)cc1.Cl. The van der Waals surface area contributed by atoms with Crippen LogP contribution in [0.25, 0.3) is 22.3 Å². The van der Waals surface area contributed by atoms with E-state index in [9.17, 15) is 10.5 Å². The van der Waals surface area contributed by atoms with Crippen LogP contribution in [0.3, 0.4) is 0 Å². The van der Waals surface area contributed by atoms with Crippen molar-refractivity contribution in [2.75, 3.05) is 7.11 Å². The number of ether oxygens (including phenoxy) is 1. The lowest BCUT2D eigenvalue weighted by molar-refractivity contribution is 0.178. The van der Waals surface area contributed by atoms with Gasteiger partial charge in [0.05, 0.1) is 47.1 Å². The number of unbranched alkanes of at least 4 members (excludes halogenated alkanes) is 2. The molecular weight excluding hydrogens is 782 g/mol. The van der Waals surface area contributed by atoms with E-state index >= 15 is 0 Å². The van der Waals surface area contributed by atoms with Crippen LogP contribution >= 0.6 is 47.2 Å². The Bertz CT molecular complexity index is 2250. The number of methoxy groups -OCH3 is 1. The minimum atomic E-state index is 0. The average molecular weight is 829 g/mol. The third-order valence-electron chi connectivity index (χ3n) is 9.43. The van der Waals surface area contributed by atoms with Crippen LogP contribution in [-0.2, 0) is 43.2 Å². The fourth-order valence-electron chi connectivity index (χ4n) is 6.45. The van der Waals surface area contributed by atoms with E-state index in [0.29, 0.717) is 47.0 Å². The van der Waals surface area contributed by atoms with Gasteiger partial charge in [0, 0.05) is 33.0 Å². The minimum absolute atomic E-state index is 0. The molecule has 0 amide bonds. The summed E-state index contributed by atoms with van der Waals surface area (Å²) in [6, 6.07) is 36.4. The zero-order valence-electron chi connectivity index (χ0n) is 31.9. The number of rotatable bonds is 15.